The molecule has 0 bridgehead atoms. The molecule has 0 aliphatic heterocycles. The van der Waals surface area contributed by atoms with Crippen molar-refractivity contribution < 1.29 is 43.9 Å². The Balaban J connectivity index is 0.000000190. The number of aromatic nitrogens is 6. The first kappa shape index (κ1) is 63.2. The summed E-state index contributed by atoms with van der Waals surface area (Å²) in [5.74, 6) is 0. The fourth-order valence-corrected chi connectivity index (χ4v) is 13.0. The van der Waals surface area contributed by atoms with Gasteiger partial charge < -0.3 is 0 Å². The number of hydrogen-bond donors (Lipinski definition) is 0. The lowest BCUT2D eigenvalue weighted by Crippen LogP contribution is -2.31. The molecular formula is C96H120N6+6. The van der Waals surface area contributed by atoms with Crippen LogP contribution in [0.1, 0.15) is 150 Å². The van der Waals surface area contributed by atoms with Crippen molar-refractivity contribution in [1.29, 1.82) is 0 Å². The van der Waals surface area contributed by atoms with E-state index in [0.29, 0.717) is 27.8 Å². The maximum Gasteiger partial charge on any atom is 0.213 e. The number of nitrogens with zero attached hydrogens (tertiary/aromatic N) is 6. The molecule has 0 saturated heterocycles. The molecule has 6 heteroatoms. The smallest absolute Gasteiger partial charge is 0.201 e. The van der Waals surface area contributed by atoms with Gasteiger partial charge in [0.1, 0.15) is 42.3 Å². The van der Waals surface area contributed by atoms with Crippen LogP contribution in [-0.4, -0.2) is 0 Å². The van der Waals surface area contributed by atoms with Gasteiger partial charge in [0.2, 0.25) is 34.2 Å². The molecule has 0 amide bonds. The maximum atomic E-state index is 7.59. The Morgan fingerprint density at radius 3 is 0.735 bits per heavy atom. The Morgan fingerprint density at radius 1 is 0.186 bits per heavy atom. The van der Waals surface area contributed by atoms with Gasteiger partial charge >= 0.3 is 0 Å². The molecule has 12 rings (SSSR count). The van der Waals surface area contributed by atoms with Crippen molar-refractivity contribution in [1.82, 2.24) is 0 Å². The lowest BCUT2D eigenvalue weighted by Gasteiger charge is -2.09. The molecule has 0 unspecified atom stereocenters. The van der Waals surface area contributed by atoms with E-state index in [0.717, 1.165) is 44.9 Å². The normalized spacial score (nSPS) is 12.9. The molecule has 6 aromatic carbocycles. The van der Waals surface area contributed by atoms with Gasteiger partial charge in [-0.05, 0) is 268 Å². The average Bonchev–Trinajstić information content (AvgIpc) is 0.815. The Hall–Kier alpha value is -9.78. The Labute approximate surface area is 632 Å². The summed E-state index contributed by atoms with van der Waals surface area (Å²) in [7, 11) is 11.9. The molecular weight excluding hydrogens is 1240 g/mol. The van der Waals surface area contributed by atoms with E-state index in [9.17, 15) is 0 Å². The van der Waals surface area contributed by atoms with Crippen LogP contribution in [-0.2, 0) is 42.3 Å². The fourth-order valence-electron chi connectivity index (χ4n) is 13.0. The summed E-state index contributed by atoms with van der Waals surface area (Å²) in [6.07, 6.45) is 11.7. The Kier molecular flexibility index (Phi) is 21.5. The highest BCUT2D eigenvalue weighted by molar-refractivity contribution is 5.69. The topological polar surface area (TPSA) is 23.3 Å². The second-order valence-electron chi connectivity index (χ2n) is 28.5. The van der Waals surface area contributed by atoms with Gasteiger partial charge in [0.15, 0.2) is 37.2 Å². The zero-order valence-corrected chi connectivity index (χ0v) is 66.0. The molecule has 0 saturated carbocycles. The van der Waals surface area contributed by atoms with Crippen LogP contribution in [0.5, 0.6) is 0 Å². The lowest BCUT2D eigenvalue weighted by atomic mass is 9.97. The largest absolute Gasteiger partial charge is 0.213 e. The van der Waals surface area contributed by atoms with Crippen molar-refractivity contribution in [3.63, 3.8) is 0 Å². The number of pyridine rings is 6. The van der Waals surface area contributed by atoms with Crippen LogP contribution in [0.4, 0.5) is 0 Å². The van der Waals surface area contributed by atoms with Crippen molar-refractivity contribution >= 4 is 0 Å². The highest BCUT2D eigenvalue weighted by Crippen LogP contribution is 2.30. The van der Waals surface area contributed by atoms with Crippen LogP contribution < -0.4 is 27.4 Å². The van der Waals surface area contributed by atoms with E-state index in [2.05, 4.69) is 267 Å². The zero-order valence-electron chi connectivity index (χ0n) is 78.0. The molecule has 0 fully saturated rings. The minimum absolute atomic E-state index is 0.303. The molecule has 6 aromatic heterocycles. The van der Waals surface area contributed by atoms with Gasteiger partial charge in [-0.2, -0.15) is 0 Å². The summed E-state index contributed by atoms with van der Waals surface area (Å²) in [5, 5.41) is 0. The Morgan fingerprint density at radius 2 is 0.431 bits per heavy atom. The summed E-state index contributed by atoms with van der Waals surface area (Å²) < 4.78 is 103. The van der Waals surface area contributed by atoms with E-state index >= 15 is 0 Å². The standard InChI is InChI=1S/6C16H20N/c2*1-11-6-7-15(13(3)8-11)16-9-12(2)14(4)10-17(16)5;2*1-11-6-7-12(2)15(8-11)16-9-13(3)14(4)10-17(16)5;2*1-11-7-6-8-12(2)16(11)15-9-13(3)14(4)10-17(15)5/h6*6-10H,1-5H3/q6*+1/i1D3,4D3;;4D3;;4D3;. The third kappa shape index (κ3) is 19.8. The van der Waals surface area contributed by atoms with Crippen LogP contribution >= 0.6 is 0 Å². The molecule has 0 atom stereocenters. The van der Waals surface area contributed by atoms with Crippen molar-refractivity contribution in [2.45, 2.75) is 166 Å². The molecule has 0 radical (unpaired) electrons. The van der Waals surface area contributed by atoms with Crippen molar-refractivity contribution in [2.75, 3.05) is 0 Å². The highest BCUT2D eigenvalue weighted by atomic mass is 14.9. The van der Waals surface area contributed by atoms with Gasteiger partial charge in [-0.15, -0.1) is 0 Å². The van der Waals surface area contributed by atoms with Crippen LogP contribution in [0, 0.1) is 166 Å². The van der Waals surface area contributed by atoms with Gasteiger partial charge in [0.05, 0.1) is 11.1 Å². The molecule has 102 heavy (non-hydrogen) atoms. The summed E-state index contributed by atoms with van der Waals surface area (Å²) in [5.41, 5.74) is 39.4. The molecule has 528 valence electrons. The molecule has 0 spiro atoms. The predicted octanol–water partition coefficient (Wildman–Crippen LogP) is 20.5. The third-order valence-electron chi connectivity index (χ3n) is 19.6. The summed E-state index contributed by atoms with van der Waals surface area (Å²) in [6.45, 7) is 33.2. The minimum atomic E-state index is -2.15. The SMILES string of the molecule is Cc1cc(-c2c(C)cccc2C)[n+](C)cc1C.Cc1ccc(-c2cc(C)c(C)c[n+]2C)c(C)c1.Cc1ccc(C)c(-c2cc(C)c(C)c[n+]2C)c1.[2H]C([2H])([2H])c1c[n+](C)c(-c2c(C)cccc2C)cc1C.[2H]C([2H])([2H])c1c[n+](C)c(-c2cc(C)ccc2C)cc1C.[2H]C([2H])([2H])c1ccc(-c2cc(C)c(C([2H])([2H])[2H])c[n+]2C)c(C)c1. The number of rotatable bonds is 6. The molecule has 6 nitrogen and oxygen atoms in total. The fraction of sp³-hybridized carbons (Fsp3) is 0.312. The van der Waals surface area contributed by atoms with Crippen LogP contribution in [0.2, 0.25) is 0 Å². The van der Waals surface area contributed by atoms with Gasteiger partial charge in [0.25, 0.3) is 0 Å². The summed E-state index contributed by atoms with van der Waals surface area (Å²) in [4.78, 5) is 0. The van der Waals surface area contributed by atoms with Crippen LogP contribution in [0.3, 0.4) is 0 Å². The second-order valence-corrected chi connectivity index (χ2v) is 28.5. The second kappa shape index (κ2) is 34.7. The minimum Gasteiger partial charge on any atom is -0.201 e. The van der Waals surface area contributed by atoms with E-state index in [1.54, 1.807) is 55.3 Å². The van der Waals surface area contributed by atoms with Crippen LogP contribution in [0.15, 0.2) is 183 Å². The van der Waals surface area contributed by atoms with Crippen molar-refractivity contribution in [3.8, 4) is 67.5 Å². The highest BCUT2D eigenvalue weighted by Gasteiger charge is 2.21. The molecule has 12 aromatic rings. The number of benzene rings is 6. The summed E-state index contributed by atoms with van der Waals surface area (Å²) >= 11 is 0. The number of hydrogen-bond acceptors (Lipinski definition) is 0. The maximum absolute atomic E-state index is 7.59. The predicted molar refractivity (Wildman–Crippen MR) is 432 cm³/mol. The first-order valence-electron chi connectivity index (χ1n) is 41.2. The van der Waals surface area contributed by atoms with Gasteiger partial charge in [-0.1, -0.05) is 107 Å². The van der Waals surface area contributed by atoms with Gasteiger partial charge in [-0.3, -0.25) is 0 Å². The van der Waals surface area contributed by atoms with Gasteiger partial charge in [-0.25, -0.2) is 27.4 Å². The quantitative estimate of drug-likeness (QED) is 0.148. The van der Waals surface area contributed by atoms with Crippen molar-refractivity contribution in [2.24, 2.45) is 42.3 Å². The zero-order chi connectivity index (χ0) is 85.5. The molecule has 0 N–H and O–H groups in total. The molecule has 0 aliphatic rings. The number of aryl methyl sites for hydroxylation is 30. The first-order chi connectivity index (χ1) is 52.8. The third-order valence-corrected chi connectivity index (χ3v) is 19.6. The summed E-state index contributed by atoms with van der Waals surface area (Å²) in [6, 6.07) is 49.9. The van der Waals surface area contributed by atoms with E-state index < -0.39 is 27.4 Å². The Bertz CT molecular complexity index is 5480. The first-order valence-corrected chi connectivity index (χ1v) is 35.2. The van der Waals surface area contributed by atoms with Gasteiger partial charge in [0, 0.05) is 108 Å². The lowest BCUT2D eigenvalue weighted by molar-refractivity contribution is -0.660. The monoisotopic (exact) mass is 1370 g/mol. The van der Waals surface area contributed by atoms with E-state index in [1.807, 2.05) is 68.3 Å². The van der Waals surface area contributed by atoms with E-state index in [1.165, 1.54) is 128 Å². The van der Waals surface area contributed by atoms with Crippen LogP contribution in [0.25, 0.3) is 67.5 Å². The molecule has 0 aliphatic carbocycles. The molecule has 6 heterocycles. The van der Waals surface area contributed by atoms with E-state index in [4.69, 9.17) is 16.4 Å². The van der Waals surface area contributed by atoms with Crippen molar-refractivity contribution in [3.05, 3.63) is 316 Å². The van der Waals surface area contributed by atoms with E-state index in [-0.39, 0.29) is 0 Å². The average molecular weight is 1370 g/mol.